The second kappa shape index (κ2) is 7.51. The van der Waals surface area contributed by atoms with Gasteiger partial charge in [-0.15, -0.1) is 0 Å². The minimum atomic E-state index is -0.304. The number of nitrogens with one attached hydrogen (secondary N) is 2. The van der Waals surface area contributed by atoms with Crippen LogP contribution in [0.2, 0.25) is 0 Å². The van der Waals surface area contributed by atoms with Crippen LogP contribution >= 0.6 is 0 Å². The first-order valence-corrected chi connectivity index (χ1v) is 7.83. The fourth-order valence-electron chi connectivity index (χ4n) is 3.15. The van der Waals surface area contributed by atoms with Gasteiger partial charge in [0.25, 0.3) is 0 Å². The average Bonchev–Trinajstić information content (AvgIpc) is 2.63. The first-order chi connectivity index (χ1) is 9.25. The Morgan fingerprint density at radius 1 is 1.11 bits per heavy atom. The summed E-state index contributed by atoms with van der Waals surface area (Å²) in [6.45, 7) is 0.743. The molecule has 1 saturated carbocycles. The van der Waals surface area contributed by atoms with Gasteiger partial charge in [-0.05, 0) is 31.6 Å². The highest BCUT2D eigenvalue weighted by Gasteiger charge is 2.22. The lowest BCUT2D eigenvalue weighted by Crippen LogP contribution is -2.45. The zero-order chi connectivity index (χ0) is 13.5. The fourth-order valence-corrected chi connectivity index (χ4v) is 3.15. The van der Waals surface area contributed by atoms with E-state index in [1.54, 1.807) is 0 Å². The molecule has 2 aliphatic rings. The molecule has 0 aromatic carbocycles. The molecule has 4 nitrogen and oxygen atoms in total. The molecular weight excluding hydrogens is 240 g/mol. The molecule has 0 aromatic rings. The summed E-state index contributed by atoms with van der Waals surface area (Å²) >= 11 is 0. The van der Waals surface area contributed by atoms with E-state index in [2.05, 4.69) is 10.6 Å². The maximum absolute atomic E-state index is 11.9. The summed E-state index contributed by atoms with van der Waals surface area (Å²) in [6, 6.07) is -0.304. The Morgan fingerprint density at radius 3 is 2.63 bits per heavy atom. The van der Waals surface area contributed by atoms with E-state index in [4.69, 9.17) is 0 Å². The highest BCUT2D eigenvalue weighted by Crippen LogP contribution is 2.27. The van der Waals surface area contributed by atoms with Crippen molar-refractivity contribution in [1.82, 2.24) is 10.6 Å². The third-order valence-electron chi connectivity index (χ3n) is 4.37. The smallest absolute Gasteiger partial charge is 0.242 e. The van der Waals surface area contributed by atoms with Crippen molar-refractivity contribution >= 4 is 11.8 Å². The Hall–Kier alpha value is -1.06. The zero-order valence-corrected chi connectivity index (χ0v) is 11.7. The van der Waals surface area contributed by atoms with Gasteiger partial charge in [0.2, 0.25) is 11.8 Å². The lowest BCUT2D eigenvalue weighted by Gasteiger charge is -2.21. The van der Waals surface area contributed by atoms with Crippen molar-refractivity contribution in [1.29, 1.82) is 0 Å². The van der Waals surface area contributed by atoms with Crippen LogP contribution in [-0.2, 0) is 9.59 Å². The standard InChI is InChI=1S/C15H26N2O2/c18-14(10-9-12-6-2-1-3-7-12)17-13-8-4-5-11-16-15(13)19/h12-13H,1-11H2,(H,16,19)(H,17,18)/t13-/m0/s1. The largest absolute Gasteiger partial charge is 0.354 e. The SMILES string of the molecule is O=C(CCC1CCCCC1)N[C@H]1CCCCNC1=O. The molecule has 0 spiro atoms. The Labute approximate surface area is 115 Å². The molecule has 1 aliphatic carbocycles. The van der Waals surface area contributed by atoms with E-state index >= 15 is 0 Å². The van der Waals surface area contributed by atoms with Gasteiger partial charge < -0.3 is 10.6 Å². The summed E-state index contributed by atoms with van der Waals surface area (Å²) in [5.74, 6) is 0.763. The Kier molecular flexibility index (Phi) is 5.67. The predicted molar refractivity (Wildman–Crippen MR) is 74.6 cm³/mol. The number of hydrogen-bond acceptors (Lipinski definition) is 2. The molecule has 1 heterocycles. The summed E-state index contributed by atoms with van der Waals surface area (Å²) < 4.78 is 0. The lowest BCUT2D eigenvalue weighted by atomic mass is 9.86. The van der Waals surface area contributed by atoms with Crippen LogP contribution < -0.4 is 10.6 Å². The van der Waals surface area contributed by atoms with Crippen LogP contribution in [0.4, 0.5) is 0 Å². The highest BCUT2D eigenvalue weighted by molar-refractivity contribution is 5.87. The summed E-state index contributed by atoms with van der Waals surface area (Å²) in [7, 11) is 0. The monoisotopic (exact) mass is 266 g/mol. The van der Waals surface area contributed by atoms with Crippen molar-refractivity contribution in [2.45, 2.75) is 70.3 Å². The molecule has 2 fully saturated rings. The summed E-state index contributed by atoms with van der Waals surface area (Å²) in [5.41, 5.74) is 0. The van der Waals surface area contributed by atoms with E-state index in [9.17, 15) is 9.59 Å². The molecule has 2 N–H and O–H groups in total. The first kappa shape index (κ1) is 14.4. The maximum atomic E-state index is 11.9. The van der Waals surface area contributed by atoms with Crippen molar-refractivity contribution in [2.24, 2.45) is 5.92 Å². The van der Waals surface area contributed by atoms with Gasteiger partial charge in [0, 0.05) is 13.0 Å². The topological polar surface area (TPSA) is 58.2 Å². The van der Waals surface area contributed by atoms with Gasteiger partial charge >= 0.3 is 0 Å². The van der Waals surface area contributed by atoms with Crippen LogP contribution in [0, 0.1) is 5.92 Å². The molecule has 1 aliphatic heterocycles. The number of rotatable bonds is 4. The van der Waals surface area contributed by atoms with Gasteiger partial charge in [0.05, 0.1) is 0 Å². The van der Waals surface area contributed by atoms with Gasteiger partial charge in [0.15, 0.2) is 0 Å². The van der Waals surface area contributed by atoms with Crippen LogP contribution in [-0.4, -0.2) is 24.4 Å². The fraction of sp³-hybridized carbons (Fsp3) is 0.867. The summed E-state index contributed by atoms with van der Waals surface area (Å²) in [4.78, 5) is 23.7. The second-order valence-electron chi connectivity index (χ2n) is 5.95. The van der Waals surface area contributed by atoms with Crippen LogP contribution in [0.5, 0.6) is 0 Å². The van der Waals surface area contributed by atoms with Crippen molar-refractivity contribution in [2.75, 3.05) is 6.54 Å². The van der Waals surface area contributed by atoms with E-state index in [1.807, 2.05) is 0 Å². The van der Waals surface area contributed by atoms with E-state index in [0.29, 0.717) is 6.42 Å². The van der Waals surface area contributed by atoms with Crippen molar-refractivity contribution in [3.05, 3.63) is 0 Å². The highest BCUT2D eigenvalue weighted by atomic mass is 16.2. The molecule has 0 unspecified atom stereocenters. The molecular formula is C15H26N2O2. The number of hydrogen-bond donors (Lipinski definition) is 2. The van der Waals surface area contributed by atoms with Crippen LogP contribution in [0.1, 0.15) is 64.2 Å². The zero-order valence-electron chi connectivity index (χ0n) is 11.7. The molecule has 108 valence electrons. The minimum absolute atomic E-state index is 0.0106. The summed E-state index contributed by atoms with van der Waals surface area (Å²) in [6.07, 6.45) is 10.9. The molecule has 0 radical (unpaired) electrons. The Morgan fingerprint density at radius 2 is 1.84 bits per heavy atom. The van der Waals surface area contributed by atoms with Gasteiger partial charge in [-0.25, -0.2) is 0 Å². The molecule has 4 heteroatoms. The second-order valence-corrected chi connectivity index (χ2v) is 5.95. The van der Waals surface area contributed by atoms with E-state index in [0.717, 1.165) is 38.1 Å². The number of carbonyl (C=O) groups is 2. The van der Waals surface area contributed by atoms with Crippen molar-refractivity contribution in [3.8, 4) is 0 Å². The summed E-state index contributed by atoms with van der Waals surface area (Å²) in [5, 5.41) is 5.75. The molecule has 0 aromatic heterocycles. The van der Waals surface area contributed by atoms with Gasteiger partial charge in [-0.1, -0.05) is 32.1 Å². The number of carbonyl (C=O) groups excluding carboxylic acids is 2. The molecule has 0 bridgehead atoms. The Balaban J connectivity index is 1.69. The van der Waals surface area contributed by atoms with E-state index in [-0.39, 0.29) is 17.9 Å². The molecule has 2 amide bonds. The molecule has 1 atom stereocenters. The molecule has 19 heavy (non-hydrogen) atoms. The molecule has 2 rings (SSSR count). The van der Waals surface area contributed by atoms with Crippen molar-refractivity contribution < 1.29 is 9.59 Å². The third kappa shape index (κ3) is 4.84. The quantitative estimate of drug-likeness (QED) is 0.819. The van der Waals surface area contributed by atoms with Gasteiger partial charge in [-0.3, -0.25) is 9.59 Å². The van der Waals surface area contributed by atoms with Crippen LogP contribution in [0.3, 0.4) is 0 Å². The minimum Gasteiger partial charge on any atom is -0.354 e. The van der Waals surface area contributed by atoms with Gasteiger partial charge in [0.1, 0.15) is 6.04 Å². The van der Waals surface area contributed by atoms with E-state index in [1.165, 1.54) is 32.1 Å². The van der Waals surface area contributed by atoms with Crippen molar-refractivity contribution in [3.63, 3.8) is 0 Å². The molecule has 1 saturated heterocycles. The number of amides is 2. The normalized spacial score (nSPS) is 25.5. The van der Waals surface area contributed by atoms with Crippen LogP contribution in [0.15, 0.2) is 0 Å². The first-order valence-electron chi connectivity index (χ1n) is 7.83. The lowest BCUT2D eigenvalue weighted by molar-refractivity contribution is -0.129. The third-order valence-corrected chi connectivity index (χ3v) is 4.37. The van der Waals surface area contributed by atoms with Gasteiger partial charge in [-0.2, -0.15) is 0 Å². The predicted octanol–water partition coefficient (Wildman–Crippen LogP) is 2.13. The van der Waals surface area contributed by atoms with E-state index < -0.39 is 0 Å². The Bertz CT molecular complexity index is 311. The maximum Gasteiger partial charge on any atom is 0.242 e. The average molecular weight is 266 g/mol. The van der Waals surface area contributed by atoms with Crippen LogP contribution in [0.25, 0.3) is 0 Å².